The lowest BCUT2D eigenvalue weighted by molar-refractivity contribution is 0.0696. The molecule has 33 heavy (non-hydrogen) atoms. The van der Waals surface area contributed by atoms with Crippen molar-refractivity contribution < 1.29 is 23.2 Å². The molecule has 0 atom stereocenters. The van der Waals surface area contributed by atoms with Crippen molar-refractivity contribution in [1.82, 2.24) is 15.5 Å². The molecule has 1 saturated heterocycles. The van der Waals surface area contributed by atoms with E-state index in [0.29, 0.717) is 52.3 Å². The molecule has 0 aliphatic carbocycles. The van der Waals surface area contributed by atoms with Crippen LogP contribution in [0.25, 0.3) is 22.2 Å². The van der Waals surface area contributed by atoms with Crippen molar-refractivity contribution in [3.63, 3.8) is 0 Å². The number of halogens is 1. The van der Waals surface area contributed by atoms with Crippen molar-refractivity contribution in [1.29, 1.82) is 0 Å². The van der Waals surface area contributed by atoms with Crippen LogP contribution in [-0.4, -0.2) is 41.1 Å². The standard InChI is InChI=1S/C25H22FN3O4/c1-14-22(23(29-33-14)15-3-2-4-17(26)11-15)24(30)20-13-27-21-12-16(5-6-19(20)21)25(31)28-18-7-9-32-10-8-18/h2-6,11-13,18,27H,7-10H2,1H3,(H,28,31). The highest BCUT2D eigenvalue weighted by Gasteiger charge is 2.25. The van der Waals surface area contributed by atoms with Gasteiger partial charge in [-0.2, -0.15) is 0 Å². The first-order valence-corrected chi connectivity index (χ1v) is 10.8. The highest BCUT2D eigenvalue weighted by molar-refractivity contribution is 6.19. The van der Waals surface area contributed by atoms with E-state index in [1.807, 2.05) is 0 Å². The molecular weight excluding hydrogens is 425 g/mol. The molecule has 5 rings (SSSR count). The molecule has 1 aliphatic rings. The molecule has 0 spiro atoms. The number of aromatic nitrogens is 2. The number of aromatic amines is 1. The van der Waals surface area contributed by atoms with Crippen molar-refractivity contribution in [3.05, 3.63) is 76.9 Å². The monoisotopic (exact) mass is 447 g/mol. The molecule has 0 saturated carbocycles. The van der Waals surface area contributed by atoms with Crippen molar-refractivity contribution in [2.75, 3.05) is 13.2 Å². The molecule has 0 bridgehead atoms. The van der Waals surface area contributed by atoms with Crippen molar-refractivity contribution >= 4 is 22.6 Å². The average Bonchev–Trinajstić information content (AvgIpc) is 3.42. The third kappa shape index (κ3) is 4.05. The van der Waals surface area contributed by atoms with Gasteiger partial charge in [-0.25, -0.2) is 4.39 Å². The summed E-state index contributed by atoms with van der Waals surface area (Å²) < 4.78 is 24.3. The van der Waals surface area contributed by atoms with E-state index in [2.05, 4.69) is 15.5 Å². The number of carbonyl (C=O) groups is 2. The molecule has 3 heterocycles. The Morgan fingerprint density at radius 3 is 2.76 bits per heavy atom. The van der Waals surface area contributed by atoms with E-state index < -0.39 is 5.82 Å². The Labute approximate surface area is 188 Å². The predicted octanol–water partition coefficient (Wildman–Crippen LogP) is 4.41. The summed E-state index contributed by atoms with van der Waals surface area (Å²) >= 11 is 0. The van der Waals surface area contributed by atoms with Gasteiger partial charge < -0.3 is 19.6 Å². The van der Waals surface area contributed by atoms with Crippen LogP contribution < -0.4 is 5.32 Å². The van der Waals surface area contributed by atoms with Gasteiger partial charge in [0, 0.05) is 53.0 Å². The SMILES string of the molecule is Cc1onc(-c2cccc(F)c2)c1C(=O)c1c[nH]c2cc(C(=O)NC3CCOCC3)ccc12. The van der Waals surface area contributed by atoms with Crippen LogP contribution in [0.5, 0.6) is 0 Å². The van der Waals surface area contributed by atoms with Crippen LogP contribution in [0.4, 0.5) is 4.39 Å². The second kappa shape index (κ2) is 8.63. The van der Waals surface area contributed by atoms with E-state index >= 15 is 0 Å². The van der Waals surface area contributed by atoms with Crippen LogP contribution in [0, 0.1) is 12.7 Å². The lowest BCUT2D eigenvalue weighted by atomic mass is 9.97. The summed E-state index contributed by atoms with van der Waals surface area (Å²) in [5, 5.41) is 7.71. The lowest BCUT2D eigenvalue weighted by Crippen LogP contribution is -2.38. The minimum Gasteiger partial charge on any atom is -0.381 e. The van der Waals surface area contributed by atoms with Gasteiger partial charge in [-0.15, -0.1) is 0 Å². The van der Waals surface area contributed by atoms with E-state index in [9.17, 15) is 14.0 Å². The van der Waals surface area contributed by atoms with Gasteiger partial charge in [0.15, 0.2) is 0 Å². The highest BCUT2D eigenvalue weighted by atomic mass is 19.1. The summed E-state index contributed by atoms with van der Waals surface area (Å²) in [6, 6.07) is 11.2. The molecule has 2 aromatic heterocycles. The summed E-state index contributed by atoms with van der Waals surface area (Å²) in [5.74, 6) is -0.528. The van der Waals surface area contributed by atoms with Crippen LogP contribution >= 0.6 is 0 Å². The van der Waals surface area contributed by atoms with Crippen LogP contribution in [0.3, 0.4) is 0 Å². The van der Waals surface area contributed by atoms with Gasteiger partial charge in [0.05, 0.1) is 5.56 Å². The Bertz CT molecular complexity index is 1350. The molecule has 2 N–H and O–H groups in total. The van der Waals surface area contributed by atoms with Gasteiger partial charge in [0.1, 0.15) is 17.3 Å². The number of carbonyl (C=O) groups excluding carboxylic acids is 2. The molecule has 1 fully saturated rings. The first-order valence-electron chi connectivity index (χ1n) is 10.8. The summed E-state index contributed by atoms with van der Waals surface area (Å²) in [5.41, 5.74) is 2.63. The van der Waals surface area contributed by atoms with E-state index in [-0.39, 0.29) is 23.3 Å². The molecule has 4 aromatic rings. The topological polar surface area (TPSA) is 97.2 Å². The number of aryl methyl sites for hydroxylation is 1. The number of amides is 1. The Kier molecular flexibility index (Phi) is 5.51. The van der Waals surface area contributed by atoms with Gasteiger partial charge in [-0.1, -0.05) is 23.4 Å². The Morgan fingerprint density at radius 1 is 1.15 bits per heavy atom. The number of hydrogen-bond acceptors (Lipinski definition) is 5. The fourth-order valence-corrected chi connectivity index (χ4v) is 4.17. The zero-order valence-electron chi connectivity index (χ0n) is 18.0. The first kappa shape index (κ1) is 21.1. The molecule has 7 nitrogen and oxygen atoms in total. The van der Waals surface area contributed by atoms with Crippen LogP contribution in [-0.2, 0) is 4.74 Å². The Hall–Kier alpha value is -3.78. The van der Waals surface area contributed by atoms with Crippen molar-refractivity contribution in [2.45, 2.75) is 25.8 Å². The van der Waals surface area contributed by atoms with Crippen LogP contribution in [0.2, 0.25) is 0 Å². The average molecular weight is 447 g/mol. The highest BCUT2D eigenvalue weighted by Crippen LogP contribution is 2.30. The van der Waals surface area contributed by atoms with E-state index in [1.165, 1.54) is 12.1 Å². The van der Waals surface area contributed by atoms with Gasteiger partial charge in [0.2, 0.25) is 5.78 Å². The van der Waals surface area contributed by atoms with Gasteiger partial charge >= 0.3 is 0 Å². The minimum absolute atomic E-state index is 0.0977. The summed E-state index contributed by atoms with van der Waals surface area (Å²) in [7, 11) is 0. The van der Waals surface area contributed by atoms with Crippen molar-refractivity contribution in [3.8, 4) is 11.3 Å². The predicted molar refractivity (Wildman–Crippen MR) is 120 cm³/mol. The number of benzene rings is 2. The summed E-state index contributed by atoms with van der Waals surface area (Å²) in [6.07, 6.45) is 3.19. The maximum atomic E-state index is 13.7. The second-order valence-electron chi connectivity index (χ2n) is 8.12. The molecule has 8 heteroatoms. The summed E-state index contributed by atoms with van der Waals surface area (Å²) in [6.45, 7) is 2.94. The number of rotatable bonds is 5. The van der Waals surface area contributed by atoms with E-state index in [0.717, 1.165) is 12.8 Å². The fraction of sp³-hybridized carbons (Fsp3) is 0.240. The second-order valence-corrected chi connectivity index (χ2v) is 8.12. The summed E-state index contributed by atoms with van der Waals surface area (Å²) in [4.78, 5) is 29.2. The number of ether oxygens (including phenoxy) is 1. The van der Waals surface area contributed by atoms with Gasteiger partial charge in [-0.05, 0) is 44.0 Å². The Morgan fingerprint density at radius 2 is 1.97 bits per heavy atom. The maximum absolute atomic E-state index is 13.7. The smallest absolute Gasteiger partial charge is 0.251 e. The van der Waals surface area contributed by atoms with Crippen molar-refractivity contribution in [2.24, 2.45) is 0 Å². The molecule has 1 amide bonds. The number of nitrogens with zero attached hydrogens (tertiary/aromatic N) is 1. The maximum Gasteiger partial charge on any atom is 0.251 e. The van der Waals surface area contributed by atoms with Crippen LogP contribution in [0.15, 0.2) is 53.2 Å². The van der Waals surface area contributed by atoms with E-state index in [1.54, 1.807) is 43.5 Å². The molecule has 1 aliphatic heterocycles. The zero-order chi connectivity index (χ0) is 22.9. The number of nitrogens with one attached hydrogen (secondary N) is 2. The minimum atomic E-state index is -0.426. The molecule has 0 radical (unpaired) electrons. The lowest BCUT2D eigenvalue weighted by Gasteiger charge is -2.23. The normalized spacial score (nSPS) is 14.5. The largest absolute Gasteiger partial charge is 0.381 e. The fourth-order valence-electron chi connectivity index (χ4n) is 4.17. The molecule has 2 aromatic carbocycles. The Balaban J connectivity index is 1.45. The first-order chi connectivity index (χ1) is 16.0. The van der Waals surface area contributed by atoms with Crippen LogP contribution in [0.1, 0.15) is 44.9 Å². The number of fused-ring (bicyclic) bond motifs is 1. The number of hydrogen-bond donors (Lipinski definition) is 2. The third-order valence-electron chi connectivity index (χ3n) is 5.93. The third-order valence-corrected chi connectivity index (χ3v) is 5.93. The zero-order valence-corrected chi connectivity index (χ0v) is 18.0. The van der Waals surface area contributed by atoms with Gasteiger partial charge in [-0.3, -0.25) is 9.59 Å². The van der Waals surface area contributed by atoms with Gasteiger partial charge in [0.25, 0.3) is 5.91 Å². The number of ketones is 1. The molecule has 168 valence electrons. The number of H-pyrrole nitrogens is 1. The molecular formula is C25H22FN3O4. The molecule has 0 unspecified atom stereocenters. The quantitative estimate of drug-likeness (QED) is 0.442. The van der Waals surface area contributed by atoms with E-state index in [4.69, 9.17) is 9.26 Å².